The SMILES string of the molecule is O=S(=O)(NCc1ccno1)c1ccc(CO)c(Cl)c1. The van der Waals surface area contributed by atoms with Crippen LogP contribution in [0.5, 0.6) is 0 Å². The molecule has 1 aromatic heterocycles. The molecule has 0 fully saturated rings. The summed E-state index contributed by atoms with van der Waals surface area (Å²) in [6.07, 6.45) is 1.43. The molecule has 0 aliphatic carbocycles. The monoisotopic (exact) mass is 302 g/mol. The summed E-state index contributed by atoms with van der Waals surface area (Å²) in [5.74, 6) is 0.404. The van der Waals surface area contributed by atoms with Crippen LogP contribution in [0.4, 0.5) is 0 Å². The van der Waals surface area contributed by atoms with Crippen LogP contribution in [0.25, 0.3) is 0 Å². The quantitative estimate of drug-likeness (QED) is 0.868. The predicted octanol–water partition coefficient (Wildman–Crippen LogP) is 1.30. The summed E-state index contributed by atoms with van der Waals surface area (Å²) in [7, 11) is -3.69. The molecule has 0 bridgehead atoms. The highest BCUT2D eigenvalue weighted by Crippen LogP contribution is 2.20. The van der Waals surface area contributed by atoms with Crippen molar-refractivity contribution in [1.82, 2.24) is 9.88 Å². The van der Waals surface area contributed by atoms with E-state index in [4.69, 9.17) is 21.2 Å². The highest BCUT2D eigenvalue weighted by atomic mass is 35.5. The second kappa shape index (κ2) is 5.70. The molecule has 19 heavy (non-hydrogen) atoms. The second-order valence-corrected chi connectivity index (χ2v) is 5.89. The number of aromatic nitrogens is 1. The number of rotatable bonds is 5. The van der Waals surface area contributed by atoms with Crippen molar-refractivity contribution in [1.29, 1.82) is 0 Å². The molecule has 2 N–H and O–H groups in total. The Morgan fingerprint density at radius 2 is 2.16 bits per heavy atom. The van der Waals surface area contributed by atoms with E-state index >= 15 is 0 Å². The smallest absolute Gasteiger partial charge is 0.241 e. The van der Waals surface area contributed by atoms with Crippen LogP contribution in [0.15, 0.2) is 39.9 Å². The van der Waals surface area contributed by atoms with Gasteiger partial charge in [0.15, 0.2) is 5.76 Å². The van der Waals surface area contributed by atoms with Crippen LogP contribution < -0.4 is 4.72 Å². The maximum absolute atomic E-state index is 12.0. The van der Waals surface area contributed by atoms with E-state index in [1.807, 2.05) is 0 Å². The van der Waals surface area contributed by atoms with Crippen LogP contribution in [-0.4, -0.2) is 18.7 Å². The molecule has 1 heterocycles. The summed E-state index contributed by atoms with van der Waals surface area (Å²) in [4.78, 5) is 0.0224. The van der Waals surface area contributed by atoms with E-state index in [-0.39, 0.29) is 23.1 Å². The Balaban J connectivity index is 2.17. The summed E-state index contributed by atoms with van der Waals surface area (Å²) >= 11 is 5.85. The number of nitrogens with one attached hydrogen (secondary N) is 1. The van der Waals surface area contributed by atoms with E-state index in [0.29, 0.717) is 11.3 Å². The number of hydrogen-bond acceptors (Lipinski definition) is 5. The van der Waals surface area contributed by atoms with Gasteiger partial charge in [0.25, 0.3) is 0 Å². The van der Waals surface area contributed by atoms with Crippen LogP contribution in [0.3, 0.4) is 0 Å². The highest BCUT2D eigenvalue weighted by molar-refractivity contribution is 7.89. The Morgan fingerprint density at radius 1 is 1.37 bits per heavy atom. The van der Waals surface area contributed by atoms with Gasteiger partial charge < -0.3 is 9.63 Å². The number of nitrogens with zero attached hydrogens (tertiary/aromatic N) is 1. The van der Waals surface area contributed by atoms with Crippen LogP contribution in [0.1, 0.15) is 11.3 Å². The van der Waals surface area contributed by atoms with Crippen molar-refractivity contribution in [2.75, 3.05) is 0 Å². The molecule has 0 amide bonds. The Bertz CT molecular complexity index is 655. The Morgan fingerprint density at radius 3 is 2.74 bits per heavy atom. The Labute approximate surface area is 115 Å². The molecule has 0 unspecified atom stereocenters. The normalized spacial score (nSPS) is 11.7. The molecule has 1 aromatic carbocycles. The highest BCUT2D eigenvalue weighted by Gasteiger charge is 2.16. The molecule has 0 aliphatic rings. The molecule has 102 valence electrons. The first-order valence-electron chi connectivity index (χ1n) is 5.31. The number of benzene rings is 1. The van der Waals surface area contributed by atoms with E-state index in [1.165, 1.54) is 24.4 Å². The first-order valence-corrected chi connectivity index (χ1v) is 7.17. The van der Waals surface area contributed by atoms with Gasteiger partial charge >= 0.3 is 0 Å². The molecule has 0 aliphatic heterocycles. The summed E-state index contributed by atoms with van der Waals surface area (Å²) in [5, 5.41) is 12.6. The van der Waals surface area contributed by atoms with E-state index in [1.54, 1.807) is 6.07 Å². The van der Waals surface area contributed by atoms with Gasteiger partial charge in [-0.3, -0.25) is 0 Å². The number of hydrogen-bond donors (Lipinski definition) is 2. The van der Waals surface area contributed by atoms with Gasteiger partial charge in [0, 0.05) is 11.1 Å². The van der Waals surface area contributed by atoms with Gasteiger partial charge in [-0.15, -0.1) is 0 Å². The van der Waals surface area contributed by atoms with Crippen LogP contribution in [0.2, 0.25) is 5.02 Å². The topological polar surface area (TPSA) is 92.4 Å². The molecule has 0 atom stereocenters. The Kier molecular flexibility index (Phi) is 4.20. The molecule has 8 heteroatoms. The number of aliphatic hydroxyl groups excluding tert-OH is 1. The van der Waals surface area contributed by atoms with Gasteiger partial charge in [0.2, 0.25) is 10.0 Å². The lowest BCUT2D eigenvalue weighted by Gasteiger charge is -2.07. The minimum atomic E-state index is -3.69. The Hall–Kier alpha value is -1.41. The minimum Gasteiger partial charge on any atom is -0.392 e. The average molecular weight is 303 g/mol. The molecule has 0 saturated carbocycles. The molecule has 0 spiro atoms. The van der Waals surface area contributed by atoms with Crippen molar-refractivity contribution in [3.8, 4) is 0 Å². The van der Waals surface area contributed by atoms with E-state index in [0.717, 1.165) is 0 Å². The third-order valence-corrected chi connectivity index (χ3v) is 4.18. The minimum absolute atomic E-state index is 0.00169. The predicted molar refractivity (Wildman–Crippen MR) is 67.9 cm³/mol. The first kappa shape index (κ1) is 14.0. The molecular formula is C11H11ClN2O4S. The van der Waals surface area contributed by atoms with Gasteiger partial charge in [-0.2, -0.15) is 0 Å². The zero-order valence-electron chi connectivity index (χ0n) is 9.71. The van der Waals surface area contributed by atoms with Crippen LogP contribution in [-0.2, 0) is 23.2 Å². The van der Waals surface area contributed by atoms with Gasteiger partial charge in [0.1, 0.15) is 0 Å². The van der Waals surface area contributed by atoms with Gasteiger partial charge in [0.05, 0.1) is 24.2 Å². The van der Waals surface area contributed by atoms with Gasteiger partial charge in [-0.05, 0) is 17.7 Å². The lowest BCUT2D eigenvalue weighted by molar-refractivity contribution is 0.282. The second-order valence-electron chi connectivity index (χ2n) is 3.71. The standard InChI is InChI=1S/C11H11ClN2O4S/c12-11-5-10(2-1-8(11)7-15)19(16,17)14-6-9-3-4-13-18-9/h1-5,14-15H,6-7H2. The summed E-state index contributed by atoms with van der Waals surface area (Å²) in [6.45, 7) is -0.244. The first-order chi connectivity index (χ1) is 9.03. The average Bonchev–Trinajstić information content (AvgIpc) is 2.89. The van der Waals surface area contributed by atoms with Crippen molar-refractivity contribution >= 4 is 21.6 Å². The molecule has 0 saturated heterocycles. The zero-order chi connectivity index (χ0) is 13.9. The van der Waals surface area contributed by atoms with Crippen molar-refractivity contribution in [3.05, 3.63) is 46.8 Å². The van der Waals surface area contributed by atoms with Crippen molar-refractivity contribution < 1.29 is 18.0 Å². The van der Waals surface area contributed by atoms with Crippen molar-refractivity contribution in [3.63, 3.8) is 0 Å². The van der Waals surface area contributed by atoms with Gasteiger partial charge in [-0.25, -0.2) is 13.1 Å². The fourth-order valence-electron chi connectivity index (χ4n) is 1.41. The zero-order valence-corrected chi connectivity index (χ0v) is 11.3. The molecule has 0 radical (unpaired) electrons. The maximum Gasteiger partial charge on any atom is 0.241 e. The number of halogens is 1. The molecular weight excluding hydrogens is 292 g/mol. The van der Waals surface area contributed by atoms with E-state index in [9.17, 15) is 8.42 Å². The van der Waals surface area contributed by atoms with Crippen LogP contribution in [0, 0.1) is 0 Å². The largest absolute Gasteiger partial charge is 0.392 e. The summed E-state index contributed by atoms with van der Waals surface area (Å²) in [5.41, 5.74) is 0.468. The number of aliphatic hydroxyl groups is 1. The maximum atomic E-state index is 12.0. The fourth-order valence-corrected chi connectivity index (χ4v) is 2.73. The molecule has 2 rings (SSSR count). The number of sulfonamides is 1. The lowest BCUT2D eigenvalue weighted by atomic mass is 10.2. The lowest BCUT2D eigenvalue weighted by Crippen LogP contribution is -2.23. The van der Waals surface area contributed by atoms with Gasteiger partial charge in [-0.1, -0.05) is 22.8 Å². The summed E-state index contributed by atoms with van der Waals surface area (Å²) in [6, 6.07) is 5.69. The summed E-state index contributed by atoms with van der Waals surface area (Å²) < 4.78 is 31.1. The molecule has 6 nitrogen and oxygen atoms in total. The van der Waals surface area contributed by atoms with Crippen molar-refractivity contribution in [2.45, 2.75) is 18.0 Å². The third kappa shape index (κ3) is 3.32. The van der Waals surface area contributed by atoms with Crippen molar-refractivity contribution in [2.24, 2.45) is 0 Å². The third-order valence-electron chi connectivity index (χ3n) is 2.43. The van der Waals surface area contributed by atoms with E-state index in [2.05, 4.69) is 9.88 Å². The van der Waals surface area contributed by atoms with E-state index < -0.39 is 10.0 Å². The van der Waals surface area contributed by atoms with Crippen LogP contribution >= 0.6 is 11.6 Å². The fraction of sp³-hybridized carbons (Fsp3) is 0.182. The molecule has 2 aromatic rings.